The van der Waals surface area contributed by atoms with Gasteiger partial charge in [-0.05, 0) is 25.8 Å². The Hall–Kier alpha value is 0.0969. The maximum atomic E-state index is 5.30. The third kappa shape index (κ3) is 10.1. The highest BCUT2D eigenvalue weighted by atomic mass is 28.2. The molecule has 3 nitrogen and oxygen atoms in total. The Kier molecular flexibility index (Phi) is 10.2. The van der Waals surface area contributed by atoms with Crippen LogP contribution in [0.25, 0.3) is 0 Å². The average molecular weight is 173 g/mol. The second-order valence-corrected chi connectivity index (χ2v) is 2.74. The van der Waals surface area contributed by atoms with Gasteiger partial charge in [-0.3, -0.25) is 0 Å². The lowest BCUT2D eigenvalue weighted by molar-refractivity contribution is 0.333. The zero-order valence-electron chi connectivity index (χ0n) is 6.94. The van der Waals surface area contributed by atoms with Crippen LogP contribution in [0.5, 0.6) is 0 Å². The Morgan fingerprint density at radius 3 is 2.64 bits per heavy atom. The van der Waals surface area contributed by atoms with Crippen LogP contribution < -0.4 is 11.1 Å². The number of hydrogen-bond acceptors (Lipinski definition) is 3. The van der Waals surface area contributed by atoms with E-state index in [1.54, 1.807) is 0 Å². The fraction of sp³-hybridized carbons (Fsp3) is 1.00. The van der Waals surface area contributed by atoms with Gasteiger partial charge < -0.3 is 15.5 Å². The summed E-state index contributed by atoms with van der Waals surface area (Å²) in [6.07, 6.45) is 3.53. The minimum absolute atomic E-state index is 0.726. The summed E-state index contributed by atoms with van der Waals surface area (Å²) in [7, 11) is 2.95. The summed E-state index contributed by atoms with van der Waals surface area (Å²) in [5.74, 6) is 0. The highest BCUT2D eigenvalue weighted by Crippen LogP contribution is 1.92. The molecule has 0 atom stereocenters. The molecule has 0 aliphatic carbocycles. The molecule has 0 saturated carbocycles. The van der Waals surface area contributed by atoms with Crippen LogP contribution in [-0.4, -0.2) is 36.7 Å². The van der Waals surface area contributed by atoms with Crippen molar-refractivity contribution in [3.63, 3.8) is 0 Å². The third-order valence-electron chi connectivity index (χ3n) is 1.42. The van der Waals surface area contributed by atoms with Gasteiger partial charge >= 0.3 is 0 Å². The first-order chi connectivity index (χ1) is 5.41. The molecule has 0 aliphatic rings. The molecule has 3 N–H and O–H groups in total. The monoisotopic (exact) mass is 173 g/mol. The zero-order chi connectivity index (χ0) is 8.36. The molecule has 0 aromatic rings. The lowest BCUT2D eigenvalue weighted by atomic mass is 10.2. The van der Waals surface area contributed by atoms with Gasteiger partial charge in [-0.15, -0.1) is 0 Å². The molecule has 0 aromatic heterocycles. The number of nitrogens with two attached hydrogens (primary N) is 1. The van der Waals surface area contributed by atoms with Crippen molar-refractivity contribution < 1.29 is 4.43 Å². The zero-order valence-corrected chi connectivity index (χ0v) is 7.94. The molecule has 0 spiro atoms. The maximum absolute atomic E-state index is 5.30. The van der Waals surface area contributed by atoms with Crippen molar-refractivity contribution in [2.75, 3.05) is 26.2 Å². The normalized spacial score (nSPS) is 10.4. The molecule has 0 unspecified atom stereocenters. The average Bonchev–Trinajstić information content (AvgIpc) is 2.03. The van der Waals surface area contributed by atoms with Crippen LogP contribution in [0, 0.1) is 0 Å². The summed E-state index contributed by atoms with van der Waals surface area (Å²) in [6.45, 7) is 3.52. The molecule has 0 bridgehead atoms. The first kappa shape index (κ1) is 11.1. The largest absolute Gasteiger partial charge is 0.419 e. The predicted molar refractivity (Wildman–Crippen MR) is 47.5 cm³/mol. The molecule has 0 saturated heterocycles. The van der Waals surface area contributed by atoms with Crippen molar-refractivity contribution in [1.29, 1.82) is 0 Å². The van der Waals surface area contributed by atoms with Gasteiger partial charge in [-0.2, -0.15) is 0 Å². The summed E-state index contributed by atoms with van der Waals surface area (Å²) >= 11 is 0. The van der Waals surface area contributed by atoms with Crippen molar-refractivity contribution in [2.24, 2.45) is 5.73 Å². The van der Waals surface area contributed by atoms with Crippen molar-refractivity contribution in [3.05, 3.63) is 0 Å². The number of unbranched alkanes of at least 4 members (excludes halogenated alkanes) is 2. The predicted octanol–water partition coefficient (Wildman–Crippen LogP) is -0.195. The quantitative estimate of drug-likeness (QED) is 0.395. The van der Waals surface area contributed by atoms with Crippen molar-refractivity contribution in [2.45, 2.75) is 19.3 Å². The van der Waals surface area contributed by atoms with E-state index < -0.39 is 0 Å². The third-order valence-corrected chi connectivity index (χ3v) is 1.63. The van der Waals surface area contributed by atoms with E-state index in [9.17, 15) is 0 Å². The van der Waals surface area contributed by atoms with Gasteiger partial charge in [-0.1, -0.05) is 0 Å². The van der Waals surface area contributed by atoms with Gasteiger partial charge in [0.2, 0.25) is 10.5 Å². The Morgan fingerprint density at radius 1 is 1.18 bits per heavy atom. The Balaban J connectivity index is 2.69. The van der Waals surface area contributed by atoms with Crippen molar-refractivity contribution in [1.82, 2.24) is 5.32 Å². The van der Waals surface area contributed by atoms with Crippen LogP contribution >= 0.6 is 0 Å². The molecule has 65 valence electrons. The second kappa shape index (κ2) is 10.1. The summed E-state index contributed by atoms with van der Waals surface area (Å²) in [4.78, 5) is 0. The van der Waals surface area contributed by atoms with E-state index in [2.05, 4.69) is 15.8 Å². The lowest BCUT2D eigenvalue weighted by Gasteiger charge is -2.01. The van der Waals surface area contributed by atoms with Crippen molar-refractivity contribution in [3.8, 4) is 0 Å². The molecular weight excluding hydrogens is 156 g/mol. The van der Waals surface area contributed by atoms with Gasteiger partial charge in [0.25, 0.3) is 0 Å². The molecule has 0 fully saturated rings. The van der Waals surface area contributed by atoms with Crippen molar-refractivity contribution >= 4 is 10.5 Å². The van der Waals surface area contributed by atoms with Crippen LogP contribution in [-0.2, 0) is 4.43 Å². The highest BCUT2D eigenvalue weighted by molar-refractivity contribution is 5.97. The van der Waals surface area contributed by atoms with E-state index in [4.69, 9.17) is 10.2 Å². The maximum Gasteiger partial charge on any atom is 0.246 e. The van der Waals surface area contributed by atoms with Gasteiger partial charge in [-0.25, -0.2) is 0 Å². The fourth-order valence-corrected chi connectivity index (χ4v) is 0.972. The van der Waals surface area contributed by atoms with E-state index in [-0.39, 0.29) is 0 Å². The Labute approximate surface area is 72.2 Å². The van der Waals surface area contributed by atoms with Crippen LogP contribution in [0.4, 0.5) is 0 Å². The molecular formula is C7H17N2OSi. The first-order valence-electron chi connectivity index (χ1n) is 4.11. The van der Waals surface area contributed by atoms with Gasteiger partial charge in [0.15, 0.2) is 0 Å². The second-order valence-electron chi connectivity index (χ2n) is 2.45. The number of hydrogen-bond donors (Lipinski definition) is 2. The topological polar surface area (TPSA) is 47.3 Å². The van der Waals surface area contributed by atoms with Crippen LogP contribution in [0.15, 0.2) is 0 Å². The van der Waals surface area contributed by atoms with Crippen LogP contribution in [0.2, 0.25) is 0 Å². The van der Waals surface area contributed by atoms with Crippen LogP contribution in [0.1, 0.15) is 19.3 Å². The molecule has 4 heteroatoms. The van der Waals surface area contributed by atoms with Gasteiger partial charge in [0.05, 0.1) is 0 Å². The van der Waals surface area contributed by atoms with E-state index in [1.165, 1.54) is 12.8 Å². The van der Waals surface area contributed by atoms with E-state index in [0.717, 1.165) is 32.7 Å². The molecule has 11 heavy (non-hydrogen) atoms. The molecule has 0 rings (SSSR count). The standard InChI is InChI=1S/C7H17N2OSi/c8-4-6-9-5-2-1-3-7-10-11/h9H,1-8H2. The molecule has 3 radical (unpaired) electrons. The smallest absolute Gasteiger partial charge is 0.246 e. The molecule has 0 heterocycles. The molecule has 0 aromatic carbocycles. The van der Waals surface area contributed by atoms with Gasteiger partial charge in [0, 0.05) is 19.7 Å². The minimum Gasteiger partial charge on any atom is -0.419 e. The summed E-state index contributed by atoms with van der Waals surface area (Å²) < 4.78 is 4.73. The van der Waals surface area contributed by atoms with E-state index in [0.29, 0.717) is 0 Å². The summed E-state index contributed by atoms with van der Waals surface area (Å²) in [5.41, 5.74) is 5.30. The van der Waals surface area contributed by atoms with Crippen LogP contribution in [0.3, 0.4) is 0 Å². The SMILES string of the molecule is NCCNCCCCCO[Si]. The summed E-state index contributed by atoms with van der Waals surface area (Å²) in [5, 5.41) is 3.23. The van der Waals surface area contributed by atoms with Gasteiger partial charge in [0.1, 0.15) is 0 Å². The lowest BCUT2D eigenvalue weighted by Crippen LogP contribution is -2.23. The molecule has 0 amide bonds. The fourth-order valence-electron chi connectivity index (χ4n) is 0.828. The highest BCUT2D eigenvalue weighted by Gasteiger charge is 1.87. The number of rotatable bonds is 8. The Bertz CT molecular complexity index is 65.5. The Morgan fingerprint density at radius 2 is 2.00 bits per heavy atom. The summed E-state index contributed by atoms with van der Waals surface area (Å²) in [6, 6.07) is 0. The number of nitrogens with one attached hydrogen (secondary N) is 1. The first-order valence-corrected chi connectivity index (χ1v) is 4.52. The molecule has 0 aliphatic heterocycles. The van der Waals surface area contributed by atoms with E-state index >= 15 is 0 Å². The minimum atomic E-state index is 0.726. The van der Waals surface area contributed by atoms with E-state index in [1.807, 2.05) is 0 Å².